The second-order valence-corrected chi connectivity index (χ2v) is 5.46. The number of nitrogens with zero attached hydrogens (tertiary/aromatic N) is 2. The molecule has 96 valence electrons. The molecule has 1 saturated heterocycles. The molecular formula is C14H18N2O2. The van der Waals surface area contributed by atoms with Crippen LogP contribution < -0.4 is 4.90 Å². The number of aryl methyl sites for hydroxylation is 1. The zero-order valence-corrected chi connectivity index (χ0v) is 10.6. The van der Waals surface area contributed by atoms with Gasteiger partial charge in [-0.3, -0.25) is 0 Å². The number of hydrogen-bond acceptors (Lipinski definition) is 3. The van der Waals surface area contributed by atoms with Crippen LogP contribution in [0, 0.1) is 18.8 Å². The zero-order chi connectivity index (χ0) is 12.7. The molecule has 2 unspecified atom stereocenters. The Morgan fingerprint density at radius 3 is 2.56 bits per heavy atom. The first-order valence-corrected chi connectivity index (χ1v) is 6.61. The number of rotatable bonds is 2. The van der Waals surface area contributed by atoms with Crippen molar-refractivity contribution in [2.24, 2.45) is 11.8 Å². The van der Waals surface area contributed by atoms with E-state index in [4.69, 9.17) is 5.11 Å². The molecule has 0 bridgehead atoms. The Kier molecular flexibility index (Phi) is 2.73. The van der Waals surface area contributed by atoms with E-state index in [9.17, 15) is 4.79 Å². The summed E-state index contributed by atoms with van der Waals surface area (Å²) in [4.78, 5) is 17.7. The van der Waals surface area contributed by atoms with E-state index >= 15 is 0 Å². The van der Waals surface area contributed by atoms with Gasteiger partial charge in [-0.15, -0.1) is 0 Å². The lowest BCUT2D eigenvalue weighted by Gasteiger charge is -2.19. The van der Waals surface area contributed by atoms with Crippen molar-refractivity contribution in [3.8, 4) is 0 Å². The molecule has 1 aliphatic heterocycles. The average molecular weight is 246 g/mol. The van der Waals surface area contributed by atoms with Crippen molar-refractivity contribution in [2.75, 3.05) is 18.0 Å². The van der Waals surface area contributed by atoms with E-state index in [1.165, 1.54) is 19.3 Å². The van der Waals surface area contributed by atoms with Crippen molar-refractivity contribution in [2.45, 2.75) is 26.2 Å². The van der Waals surface area contributed by atoms with Crippen LogP contribution in [0.1, 0.15) is 35.3 Å². The maximum atomic E-state index is 11.0. The largest absolute Gasteiger partial charge is 0.478 e. The molecule has 0 aromatic carbocycles. The highest BCUT2D eigenvalue weighted by molar-refractivity contribution is 5.89. The van der Waals surface area contributed by atoms with Crippen LogP contribution in [-0.2, 0) is 0 Å². The van der Waals surface area contributed by atoms with Gasteiger partial charge < -0.3 is 10.0 Å². The maximum absolute atomic E-state index is 11.0. The second kappa shape index (κ2) is 4.26. The molecule has 2 heterocycles. The highest BCUT2D eigenvalue weighted by Crippen LogP contribution is 2.39. The normalized spacial score (nSPS) is 26.4. The van der Waals surface area contributed by atoms with Gasteiger partial charge in [0.05, 0.1) is 11.3 Å². The molecule has 1 N–H and O–H groups in total. The summed E-state index contributed by atoms with van der Waals surface area (Å²) >= 11 is 0. The summed E-state index contributed by atoms with van der Waals surface area (Å²) in [5, 5.41) is 9.00. The van der Waals surface area contributed by atoms with E-state index < -0.39 is 5.97 Å². The van der Waals surface area contributed by atoms with Crippen molar-refractivity contribution < 1.29 is 9.90 Å². The predicted octanol–water partition coefficient (Wildman–Crippen LogP) is 2.32. The zero-order valence-electron chi connectivity index (χ0n) is 10.6. The Bertz CT molecular complexity index is 475. The molecular weight excluding hydrogens is 228 g/mol. The number of pyridine rings is 1. The van der Waals surface area contributed by atoms with Gasteiger partial charge in [0.15, 0.2) is 0 Å². The standard InChI is InChI=1S/C14H18N2O2/c1-9-12(14(17)18)5-6-13(15-9)16-7-10-3-2-4-11(10)8-16/h5-6,10-11H,2-4,7-8H2,1H3,(H,17,18). The van der Waals surface area contributed by atoms with Crippen LogP contribution >= 0.6 is 0 Å². The van der Waals surface area contributed by atoms with Crippen molar-refractivity contribution in [1.29, 1.82) is 0 Å². The van der Waals surface area contributed by atoms with Crippen LogP contribution in [0.5, 0.6) is 0 Å². The molecule has 4 heteroatoms. The molecule has 18 heavy (non-hydrogen) atoms. The first-order chi connectivity index (χ1) is 8.65. The van der Waals surface area contributed by atoms with E-state index in [1.807, 2.05) is 6.07 Å². The van der Waals surface area contributed by atoms with Crippen molar-refractivity contribution in [3.63, 3.8) is 0 Å². The summed E-state index contributed by atoms with van der Waals surface area (Å²) < 4.78 is 0. The molecule has 1 aliphatic carbocycles. The second-order valence-electron chi connectivity index (χ2n) is 5.46. The molecule has 0 radical (unpaired) electrons. The van der Waals surface area contributed by atoms with Gasteiger partial charge in [-0.1, -0.05) is 6.42 Å². The number of aromatic nitrogens is 1. The van der Waals surface area contributed by atoms with E-state index in [1.54, 1.807) is 13.0 Å². The molecule has 1 aromatic rings. The van der Waals surface area contributed by atoms with E-state index in [0.29, 0.717) is 11.3 Å². The summed E-state index contributed by atoms with van der Waals surface area (Å²) in [6.07, 6.45) is 4.05. The molecule has 2 aliphatic rings. The van der Waals surface area contributed by atoms with Crippen LogP contribution in [0.4, 0.5) is 5.82 Å². The topological polar surface area (TPSA) is 53.4 Å². The third-order valence-electron chi connectivity index (χ3n) is 4.35. The van der Waals surface area contributed by atoms with Crippen molar-refractivity contribution >= 4 is 11.8 Å². The van der Waals surface area contributed by atoms with Gasteiger partial charge in [0, 0.05) is 13.1 Å². The Morgan fingerprint density at radius 2 is 2.00 bits per heavy atom. The Hall–Kier alpha value is -1.58. The monoisotopic (exact) mass is 246 g/mol. The van der Waals surface area contributed by atoms with Crippen LogP contribution in [0.3, 0.4) is 0 Å². The molecule has 3 rings (SSSR count). The SMILES string of the molecule is Cc1nc(N2CC3CCCC3C2)ccc1C(=O)O. The summed E-state index contributed by atoms with van der Waals surface area (Å²) in [6, 6.07) is 3.52. The van der Waals surface area contributed by atoms with Crippen LogP contribution in [0.2, 0.25) is 0 Å². The molecule has 1 saturated carbocycles. The number of anilines is 1. The van der Waals surface area contributed by atoms with Gasteiger partial charge >= 0.3 is 5.97 Å². The van der Waals surface area contributed by atoms with E-state index in [2.05, 4.69) is 9.88 Å². The Labute approximate surface area is 107 Å². The molecule has 0 spiro atoms. The fourth-order valence-corrected chi connectivity index (χ4v) is 3.37. The Morgan fingerprint density at radius 1 is 1.33 bits per heavy atom. The van der Waals surface area contributed by atoms with Gasteiger partial charge in [-0.2, -0.15) is 0 Å². The number of carbonyl (C=O) groups is 1. The summed E-state index contributed by atoms with van der Waals surface area (Å²) in [6.45, 7) is 3.94. The minimum absolute atomic E-state index is 0.304. The number of carboxylic acid groups (broad SMARTS) is 1. The first-order valence-electron chi connectivity index (χ1n) is 6.61. The smallest absolute Gasteiger partial charge is 0.337 e. The van der Waals surface area contributed by atoms with Gasteiger partial charge in [-0.25, -0.2) is 9.78 Å². The minimum atomic E-state index is -0.898. The predicted molar refractivity (Wildman–Crippen MR) is 69.0 cm³/mol. The molecule has 0 amide bonds. The van der Waals surface area contributed by atoms with Crippen molar-refractivity contribution in [3.05, 3.63) is 23.4 Å². The fourth-order valence-electron chi connectivity index (χ4n) is 3.37. The minimum Gasteiger partial charge on any atom is -0.478 e. The highest BCUT2D eigenvalue weighted by Gasteiger charge is 2.36. The van der Waals surface area contributed by atoms with E-state index in [0.717, 1.165) is 30.7 Å². The lowest BCUT2D eigenvalue weighted by Crippen LogP contribution is -2.22. The van der Waals surface area contributed by atoms with Crippen LogP contribution in [0.15, 0.2) is 12.1 Å². The van der Waals surface area contributed by atoms with Crippen LogP contribution in [-0.4, -0.2) is 29.1 Å². The lowest BCUT2D eigenvalue weighted by atomic mass is 10.0. The third kappa shape index (κ3) is 1.85. The summed E-state index contributed by atoms with van der Waals surface area (Å²) in [5.74, 6) is 1.69. The quantitative estimate of drug-likeness (QED) is 0.870. The number of fused-ring (bicyclic) bond motifs is 1. The average Bonchev–Trinajstić information content (AvgIpc) is 2.87. The lowest BCUT2D eigenvalue weighted by molar-refractivity contribution is 0.0695. The van der Waals surface area contributed by atoms with Gasteiger partial charge in [0.1, 0.15) is 5.82 Å². The Balaban J connectivity index is 1.81. The number of hydrogen-bond donors (Lipinski definition) is 1. The van der Waals surface area contributed by atoms with Crippen molar-refractivity contribution in [1.82, 2.24) is 4.98 Å². The first kappa shape index (κ1) is 11.5. The molecule has 1 aromatic heterocycles. The van der Waals surface area contributed by atoms with Crippen LogP contribution in [0.25, 0.3) is 0 Å². The molecule has 2 fully saturated rings. The number of carboxylic acids is 1. The fraction of sp³-hybridized carbons (Fsp3) is 0.571. The van der Waals surface area contributed by atoms with Gasteiger partial charge in [0.25, 0.3) is 0 Å². The van der Waals surface area contributed by atoms with Gasteiger partial charge in [-0.05, 0) is 43.7 Å². The highest BCUT2D eigenvalue weighted by atomic mass is 16.4. The van der Waals surface area contributed by atoms with E-state index in [-0.39, 0.29) is 0 Å². The summed E-state index contributed by atoms with van der Waals surface area (Å²) in [5.41, 5.74) is 0.912. The molecule has 4 nitrogen and oxygen atoms in total. The molecule has 2 atom stereocenters. The van der Waals surface area contributed by atoms with Gasteiger partial charge in [0.2, 0.25) is 0 Å². The third-order valence-corrected chi connectivity index (χ3v) is 4.35. The number of aromatic carboxylic acids is 1. The summed E-state index contributed by atoms with van der Waals surface area (Å²) in [7, 11) is 0. The maximum Gasteiger partial charge on any atom is 0.337 e.